The van der Waals surface area contributed by atoms with Gasteiger partial charge in [-0.1, -0.05) is 12.1 Å². The van der Waals surface area contributed by atoms with Crippen molar-refractivity contribution >= 4 is 23.0 Å². The highest BCUT2D eigenvalue weighted by Crippen LogP contribution is 2.14. The molecule has 0 aliphatic rings. The lowest BCUT2D eigenvalue weighted by molar-refractivity contribution is 0.506. The maximum Gasteiger partial charge on any atom is 0.173 e. The summed E-state index contributed by atoms with van der Waals surface area (Å²) in [6.45, 7) is 5.49. The number of aromatic nitrogens is 2. The van der Waals surface area contributed by atoms with Crippen LogP contribution < -0.4 is 5.32 Å². The number of hydrogen-bond acceptors (Lipinski definition) is 2. The standard InChI is InChI=1S/C15H19FN4S/c1-4-20-10-12(11(2)18-20)9-19(3)15(21)17-14-8-6-5-7-13(14)16/h5-8,10H,4,9H2,1-3H3,(H,17,21). The molecule has 0 aliphatic heterocycles. The second kappa shape index (κ2) is 6.67. The Morgan fingerprint density at radius 2 is 2.14 bits per heavy atom. The molecule has 0 spiro atoms. The van der Waals surface area contributed by atoms with E-state index in [1.165, 1.54) is 6.07 Å². The fourth-order valence-electron chi connectivity index (χ4n) is 1.98. The topological polar surface area (TPSA) is 33.1 Å². The van der Waals surface area contributed by atoms with Crippen LogP contribution in [-0.2, 0) is 13.1 Å². The predicted molar refractivity (Wildman–Crippen MR) is 86.7 cm³/mol. The molecule has 1 aromatic carbocycles. The van der Waals surface area contributed by atoms with Crippen LogP contribution in [0.25, 0.3) is 0 Å². The molecule has 0 radical (unpaired) electrons. The molecule has 6 heteroatoms. The van der Waals surface area contributed by atoms with Crippen LogP contribution in [0.15, 0.2) is 30.5 Å². The zero-order chi connectivity index (χ0) is 15.4. The first-order valence-electron chi connectivity index (χ1n) is 6.80. The number of benzene rings is 1. The Bertz CT molecular complexity index is 638. The molecule has 0 saturated heterocycles. The summed E-state index contributed by atoms with van der Waals surface area (Å²) in [6.07, 6.45) is 2.01. The first-order chi connectivity index (χ1) is 10.0. The van der Waals surface area contributed by atoms with Crippen molar-refractivity contribution in [2.45, 2.75) is 26.9 Å². The van der Waals surface area contributed by atoms with Crippen molar-refractivity contribution < 1.29 is 4.39 Å². The average Bonchev–Trinajstić information content (AvgIpc) is 2.82. The van der Waals surface area contributed by atoms with E-state index >= 15 is 0 Å². The molecule has 1 N–H and O–H groups in total. The van der Waals surface area contributed by atoms with Gasteiger partial charge in [-0.25, -0.2) is 4.39 Å². The van der Waals surface area contributed by atoms with Crippen LogP contribution in [0, 0.1) is 12.7 Å². The van der Waals surface area contributed by atoms with Gasteiger partial charge in [0, 0.05) is 31.9 Å². The minimum absolute atomic E-state index is 0.316. The van der Waals surface area contributed by atoms with Crippen LogP contribution in [0.2, 0.25) is 0 Å². The smallest absolute Gasteiger partial charge is 0.173 e. The number of anilines is 1. The summed E-state index contributed by atoms with van der Waals surface area (Å²) in [7, 11) is 1.87. The Morgan fingerprint density at radius 3 is 2.76 bits per heavy atom. The summed E-state index contributed by atoms with van der Waals surface area (Å²) >= 11 is 5.32. The van der Waals surface area contributed by atoms with Gasteiger partial charge in [0.05, 0.1) is 11.4 Å². The van der Waals surface area contributed by atoms with Crippen LogP contribution in [0.1, 0.15) is 18.2 Å². The van der Waals surface area contributed by atoms with E-state index in [9.17, 15) is 4.39 Å². The fraction of sp³-hybridized carbons (Fsp3) is 0.333. The fourth-order valence-corrected chi connectivity index (χ4v) is 2.15. The van der Waals surface area contributed by atoms with Crippen LogP contribution in [0.5, 0.6) is 0 Å². The molecule has 0 atom stereocenters. The minimum Gasteiger partial charge on any atom is -0.348 e. The van der Waals surface area contributed by atoms with Crippen LogP contribution in [0.3, 0.4) is 0 Å². The predicted octanol–water partition coefficient (Wildman–Crippen LogP) is 3.18. The van der Waals surface area contributed by atoms with E-state index in [2.05, 4.69) is 10.4 Å². The molecule has 2 rings (SSSR count). The zero-order valence-electron chi connectivity index (χ0n) is 12.4. The van der Waals surface area contributed by atoms with E-state index in [0.29, 0.717) is 17.3 Å². The molecule has 0 fully saturated rings. The summed E-state index contributed by atoms with van der Waals surface area (Å²) in [5.74, 6) is -0.316. The molecular weight excluding hydrogens is 287 g/mol. The molecule has 0 amide bonds. The highest BCUT2D eigenvalue weighted by molar-refractivity contribution is 7.80. The third-order valence-electron chi connectivity index (χ3n) is 3.24. The minimum atomic E-state index is -0.316. The van der Waals surface area contributed by atoms with Gasteiger partial charge in [0.15, 0.2) is 5.11 Å². The third-order valence-corrected chi connectivity index (χ3v) is 3.66. The molecule has 112 valence electrons. The lowest BCUT2D eigenvalue weighted by atomic mass is 10.2. The van der Waals surface area contributed by atoms with E-state index in [4.69, 9.17) is 12.2 Å². The largest absolute Gasteiger partial charge is 0.348 e. The molecular formula is C15H19FN4S. The second-order valence-corrected chi connectivity index (χ2v) is 5.25. The molecule has 1 aromatic heterocycles. The zero-order valence-corrected chi connectivity index (χ0v) is 13.2. The number of rotatable bonds is 4. The number of halogens is 1. The van der Waals surface area contributed by atoms with Gasteiger partial charge < -0.3 is 10.2 Å². The number of hydrogen-bond donors (Lipinski definition) is 1. The lowest BCUT2D eigenvalue weighted by Gasteiger charge is -2.21. The van der Waals surface area contributed by atoms with E-state index in [-0.39, 0.29) is 5.82 Å². The molecule has 0 aliphatic carbocycles. The number of nitrogens with one attached hydrogen (secondary N) is 1. The van der Waals surface area contributed by atoms with Gasteiger partial charge >= 0.3 is 0 Å². The molecule has 0 unspecified atom stereocenters. The molecule has 0 bridgehead atoms. The van der Waals surface area contributed by atoms with Crippen molar-refractivity contribution in [3.63, 3.8) is 0 Å². The van der Waals surface area contributed by atoms with Crippen molar-refractivity contribution in [2.75, 3.05) is 12.4 Å². The van der Waals surface area contributed by atoms with Crippen molar-refractivity contribution in [1.82, 2.24) is 14.7 Å². The van der Waals surface area contributed by atoms with Crippen molar-refractivity contribution in [1.29, 1.82) is 0 Å². The van der Waals surface area contributed by atoms with Gasteiger partial charge in [-0.2, -0.15) is 5.10 Å². The quantitative estimate of drug-likeness (QED) is 0.880. The summed E-state index contributed by atoms with van der Waals surface area (Å²) in [5.41, 5.74) is 2.48. The summed E-state index contributed by atoms with van der Waals surface area (Å²) in [4.78, 5) is 1.87. The first-order valence-corrected chi connectivity index (χ1v) is 7.21. The highest BCUT2D eigenvalue weighted by Gasteiger charge is 2.11. The average molecular weight is 306 g/mol. The third kappa shape index (κ3) is 3.78. The van der Waals surface area contributed by atoms with Gasteiger partial charge in [-0.05, 0) is 38.2 Å². The summed E-state index contributed by atoms with van der Waals surface area (Å²) in [6, 6.07) is 6.48. The van der Waals surface area contributed by atoms with Gasteiger partial charge in [0.1, 0.15) is 5.82 Å². The second-order valence-electron chi connectivity index (χ2n) is 4.86. The van der Waals surface area contributed by atoms with Crippen molar-refractivity contribution in [3.8, 4) is 0 Å². The molecule has 21 heavy (non-hydrogen) atoms. The van der Waals surface area contributed by atoms with Crippen molar-refractivity contribution in [3.05, 3.63) is 47.5 Å². The SMILES string of the molecule is CCn1cc(CN(C)C(=S)Nc2ccccc2F)c(C)n1. The van der Waals surface area contributed by atoms with Gasteiger partial charge in [0.25, 0.3) is 0 Å². The van der Waals surface area contributed by atoms with E-state index in [0.717, 1.165) is 17.8 Å². The lowest BCUT2D eigenvalue weighted by Crippen LogP contribution is -2.31. The number of thiocarbonyl (C=S) groups is 1. The van der Waals surface area contributed by atoms with Crippen LogP contribution in [-0.4, -0.2) is 26.8 Å². The Morgan fingerprint density at radius 1 is 1.43 bits per heavy atom. The Balaban J connectivity index is 2.02. The van der Waals surface area contributed by atoms with E-state index in [1.54, 1.807) is 18.2 Å². The van der Waals surface area contributed by atoms with E-state index < -0.39 is 0 Å². The molecule has 2 aromatic rings. The maximum atomic E-state index is 13.6. The van der Waals surface area contributed by atoms with Crippen LogP contribution in [0.4, 0.5) is 10.1 Å². The van der Waals surface area contributed by atoms with Gasteiger partial charge in [-0.3, -0.25) is 4.68 Å². The summed E-state index contributed by atoms with van der Waals surface area (Å²) < 4.78 is 15.5. The molecule has 4 nitrogen and oxygen atoms in total. The Labute approximate surface area is 129 Å². The molecule has 0 saturated carbocycles. The van der Waals surface area contributed by atoms with Crippen molar-refractivity contribution in [2.24, 2.45) is 0 Å². The number of nitrogens with zero attached hydrogens (tertiary/aromatic N) is 3. The number of para-hydroxylation sites is 1. The summed E-state index contributed by atoms with van der Waals surface area (Å²) in [5, 5.41) is 7.81. The van der Waals surface area contributed by atoms with Gasteiger partial charge in [-0.15, -0.1) is 0 Å². The first kappa shape index (κ1) is 15.4. The normalized spacial score (nSPS) is 10.5. The number of aryl methyl sites for hydroxylation is 2. The highest BCUT2D eigenvalue weighted by atomic mass is 32.1. The van der Waals surface area contributed by atoms with Gasteiger partial charge in [0.2, 0.25) is 0 Å². The van der Waals surface area contributed by atoms with Crippen LogP contribution >= 0.6 is 12.2 Å². The molecule has 1 heterocycles. The van der Waals surface area contributed by atoms with E-state index in [1.807, 2.05) is 36.7 Å². The maximum absolute atomic E-state index is 13.6. The Kier molecular flexibility index (Phi) is 4.90. The Hall–Kier alpha value is -1.95. The monoisotopic (exact) mass is 306 g/mol.